The Labute approximate surface area is 174 Å². The third-order valence-corrected chi connectivity index (χ3v) is 8.09. The summed E-state index contributed by atoms with van der Waals surface area (Å²) in [4.78, 5) is 24.8. The molecule has 1 aliphatic rings. The number of benzene rings is 1. The van der Waals surface area contributed by atoms with Gasteiger partial charge in [0.1, 0.15) is 4.21 Å². The largest absolute Gasteiger partial charge is 0.462 e. The number of hydrogen-bond donors (Lipinski definition) is 1. The number of carbonyl (C=O) groups excluding carboxylic acids is 2. The van der Waals surface area contributed by atoms with E-state index in [2.05, 4.69) is 5.32 Å². The zero-order valence-electron chi connectivity index (χ0n) is 16.4. The highest BCUT2D eigenvalue weighted by molar-refractivity contribution is 7.91. The van der Waals surface area contributed by atoms with Crippen molar-refractivity contribution in [2.75, 3.05) is 25.0 Å². The Kier molecular flexibility index (Phi) is 6.71. The van der Waals surface area contributed by atoms with Gasteiger partial charge in [0.05, 0.1) is 18.1 Å². The Morgan fingerprint density at radius 3 is 2.79 bits per heavy atom. The van der Waals surface area contributed by atoms with Crippen molar-refractivity contribution < 1.29 is 22.7 Å². The highest BCUT2D eigenvalue weighted by Crippen LogP contribution is 2.27. The fraction of sp³-hybridized carbons (Fsp3) is 0.400. The summed E-state index contributed by atoms with van der Waals surface area (Å²) in [6, 6.07) is 8.27. The van der Waals surface area contributed by atoms with E-state index in [9.17, 15) is 18.0 Å². The Bertz CT molecular complexity index is 986. The smallest absolute Gasteiger partial charge is 0.338 e. The zero-order chi connectivity index (χ0) is 21.0. The maximum atomic E-state index is 12.8. The fourth-order valence-corrected chi connectivity index (χ4v) is 5.91. The molecule has 0 aliphatic carbocycles. The van der Waals surface area contributed by atoms with Gasteiger partial charge in [0.2, 0.25) is 5.91 Å². The molecule has 0 bridgehead atoms. The van der Waals surface area contributed by atoms with Gasteiger partial charge < -0.3 is 10.1 Å². The molecule has 9 heteroatoms. The number of anilines is 1. The Hall–Kier alpha value is -2.23. The molecule has 1 aliphatic heterocycles. The van der Waals surface area contributed by atoms with Crippen LogP contribution < -0.4 is 5.32 Å². The number of nitrogens with one attached hydrogen (secondary N) is 1. The molecular weight excluding hydrogens is 412 g/mol. The lowest BCUT2D eigenvalue weighted by Crippen LogP contribution is -2.43. The van der Waals surface area contributed by atoms with Gasteiger partial charge in [-0.3, -0.25) is 4.79 Å². The average Bonchev–Trinajstić information content (AvgIpc) is 3.25. The van der Waals surface area contributed by atoms with Crippen LogP contribution in [0.2, 0.25) is 0 Å². The summed E-state index contributed by atoms with van der Waals surface area (Å²) >= 11 is 1.17. The van der Waals surface area contributed by atoms with E-state index in [0.717, 1.165) is 5.56 Å². The molecule has 1 fully saturated rings. The van der Waals surface area contributed by atoms with Gasteiger partial charge in [0, 0.05) is 18.8 Å². The minimum atomic E-state index is -3.58. The average molecular weight is 437 g/mol. The van der Waals surface area contributed by atoms with Crippen molar-refractivity contribution in [3.8, 4) is 0 Å². The number of hydrogen-bond acceptors (Lipinski definition) is 6. The predicted octanol–water partition coefficient (Wildman–Crippen LogP) is 3.27. The minimum absolute atomic E-state index is 0.142. The molecule has 0 saturated carbocycles. The predicted molar refractivity (Wildman–Crippen MR) is 112 cm³/mol. The van der Waals surface area contributed by atoms with Crippen LogP contribution in [0.3, 0.4) is 0 Å². The number of aryl methyl sites for hydroxylation is 1. The van der Waals surface area contributed by atoms with Gasteiger partial charge in [0.25, 0.3) is 10.0 Å². The van der Waals surface area contributed by atoms with Crippen molar-refractivity contribution in [3.05, 3.63) is 46.8 Å². The van der Waals surface area contributed by atoms with E-state index < -0.39 is 21.9 Å². The summed E-state index contributed by atoms with van der Waals surface area (Å²) in [5, 5.41) is 4.58. The topological polar surface area (TPSA) is 92.8 Å². The third-order valence-electron chi connectivity index (χ3n) is 4.85. The molecule has 0 spiro atoms. The molecule has 1 N–H and O–H groups in total. The van der Waals surface area contributed by atoms with E-state index in [1.54, 1.807) is 42.6 Å². The molecule has 156 valence electrons. The van der Waals surface area contributed by atoms with E-state index in [-0.39, 0.29) is 23.3 Å². The van der Waals surface area contributed by atoms with Crippen molar-refractivity contribution in [2.24, 2.45) is 5.92 Å². The number of ether oxygens (including phenoxy) is 1. The summed E-state index contributed by atoms with van der Waals surface area (Å²) in [7, 11) is -3.58. The van der Waals surface area contributed by atoms with Crippen molar-refractivity contribution in [1.82, 2.24) is 4.31 Å². The summed E-state index contributed by atoms with van der Waals surface area (Å²) in [6.45, 7) is 4.38. The lowest BCUT2D eigenvalue weighted by Gasteiger charge is -2.31. The maximum absolute atomic E-state index is 12.8. The van der Waals surface area contributed by atoms with E-state index in [1.165, 1.54) is 15.6 Å². The van der Waals surface area contributed by atoms with Crippen LogP contribution in [0.4, 0.5) is 5.69 Å². The highest BCUT2D eigenvalue weighted by Gasteiger charge is 2.34. The van der Waals surface area contributed by atoms with Crippen LogP contribution in [0, 0.1) is 12.8 Å². The van der Waals surface area contributed by atoms with Crippen molar-refractivity contribution in [2.45, 2.75) is 30.9 Å². The quantitative estimate of drug-likeness (QED) is 0.702. The molecule has 1 atom stereocenters. The second-order valence-corrected chi connectivity index (χ2v) is 9.99. The van der Waals surface area contributed by atoms with Crippen LogP contribution in [-0.2, 0) is 19.6 Å². The summed E-state index contributed by atoms with van der Waals surface area (Å²) in [5.74, 6) is -1.15. The van der Waals surface area contributed by atoms with Crippen molar-refractivity contribution >= 4 is 38.9 Å². The lowest BCUT2D eigenvalue weighted by atomic mass is 9.98. The number of amides is 1. The molecule has 1 amide bonds. The normalized spacial score (nSPS) is 17.7. The van der Waals surface area contributed by atoms with Gasteiger partial charge in [-0.2, -0.15) is 4.31 Å². The molecule has 2 aromatic rings. The number of carbonyl (C=O) groups is 2. The molecular formula is C20H24N2O5S2. The van der Waals surface area contributed by atoms with Crippen molar-refractivity contribution in [3.63, 3.8) is 0 Å². The second-order valence-electron chi connectivity index (χ2n) is 6.87. The van der Waals surface area contributed by atoms with E-state index >= 15 is 0 Å². The first-order valence-electron chi connectivity index (χ1n) is 9.45. The number of nitrogens with zero attached hydrogens (tertiary/aromatic N) is 1. The number of piperidine rings is 1. The van der Waals surface area contributed by atoms with E-state index in [4.69, 9.17) is 4.74 Å². The Balaban J connectivity index is 1.72. The summed E-state index contributed by atoms with van der Waals surface area (Å²) in [6.07, 6.45) is 1.23. The van der Waals surface area contributed by atoms with Gasteiger partial charge in [-0.15, -0.1) is 11.3 Å². The number of esters is 1. The number of sulfonamides is 1. The van der Waals surface area contributed by atoms with Crippen molar-refractivity contribution in [1.29, 1.82) is 0 Å². The van der Waals surface area contributed by atoms with Gasteiger partial charge in [-0.05, 0) is 55.8 Å². The van der Waals surface area contributed by atoms with Gasteiger partial charge in [-0.1, -0.05) is 12.1 Å². The first-order valence-corrected chi connectivity index (χ1v) is 11.8. The molecule has 1 unspecified atom stereocenters. The molecule has 1 aromatic carbocycles. The maximum Gasteiger partial charge on any atom is 0.338 e. The first-order chi connectivity index (χ1) is 13.8. The van der Waals surface area contributed by atoms with Crippen LogP contribution in [-0.4, -0.2) is 44.3 Å². The van der Waals surface area contributed by atoms with Gasteiger partial charge in [-0.25, -0.2) is 13.2 Å². The highest BCUT2D eigenvalue weighted by atomic mass is 32.2. The summed E-state index contributed by atoms with van der Waals surface area (Å²) in [5.41, 5.74) is 1.70. The molecule has 3 rings (SSSR count). The molecule has 1 saturated heterocycles. The second kappa shape index (κ2) is 9.06. The van der Waals surface area contributed by atoms with Crippen LogP contribution in [0.25, 0.3) is 0 Å². The van der Waals surface area contributed by atoms with Gasteiger partial charge >= 0.3 is 5.97 Å². The molecule has 2 heterocycles. The zero-order valence-corrected chi connectivity index (χ0v) is 18.0. The molecule has 1 aromatic heterocycles. The van der Waals surface area contributed by atoms with E-state index in [1.807, 2.05) is 6.92 Å². The van der Waals surface area contributed by atoms with Crippen LogP contribution in [0.1, 0.15) is 35.7 Å². The van der Waals surface area contributed by atoms with E-state index in [0.29, 0.717) is 30.6 Å². The monoisotopic (exact) mass is 436 g/mol. The Morgan fingerprint density at radius 2 is 2.10 bits per heavy atom. The standard InChI is InChI=1S/C20H24N2O5S2/c1-3-27-20(24)15-9-8-14(2)17(12-15)21-19(23)16-6-4-10-22(13-16)29(25,26)18-7-5-11-28-18/h5,7-9,11-12,16H,3-4,6,10,13H2,1-2H3,(H,21,23). The molecule has 7 nitrogen and oxygen atoms in total. The summed E-state index contributed by atoms with van der Waals surface area (Å²) < 4.78 is 32.2. The van der Waals surface area contributed by atoms with Gasteiger partial charge in [0.15, 0.2) is 0 Å². The van der Waals surface area contributed by atoms with Crippen LogP contribution in [0.15, 0.2) is 39.9 Å². The van der Waals surface area contributed by atoms with Crippen LogP contribution >= 0.6 is 11.3 Å². The molecule has 0 radical (unpaired) electrons. The first kappa shape index (κ1) is 21.5. The number of rotatable bonds is 6. The van der Waals surface area contributed by atoms with Crippen LogP contribution in [0.5, 0.6) is 0 Å². The third kappa shape index (κ3) is 4.85. The fourth-order valence-electron chi connectivity index (χ4n) is 3.25. The number of thiophene rings is 1. The minimum Gasteiger partial charge on any atom is -0.462 e. The Morgan fingerprint density at radius 1 is 1.31 bits per heavy atom. The SMILES string of the molecule is CCOC(=O)c1ccc(C)c(NC(=O)C2CCCN(S(=O)(=O)c3cccs3)C2)c1. The molecule has 29 heavy (non-hydrogen) atoms. The lowest BCUT2D eigenvalue weighted by molar-refractivity contribution is -0.120.